The minimum Gasteiger partial charge on any atom is -0.496 e. The lowest BCUT2D eigenvalue weighted by Gasteiger charge is -2.23. The van der Waals surface area contributed by atoms with Crippen LogP contribution in [-0.4, -0.2) is 38.1 Å². The van der Waals surface area contributed by atoms with Crippen LogP contribution in [0, 0.1) is 5.41 Å². The Morgan fingerprint density at radius 3 is 2.65 bits per heavy atom. The first-order valence-electron chi connectivity index (χ1n) is 7.04. The molecule has 1 atom stereocenters. The van der Waals surface area contributed by atoms with Gasteiger partial charge in [0, 0.05) is 32.2 Å². The molecule has 1 N–H and O–H groups in total. The van der Waals surface area contributed by atoms with Crippen LogP contribution in [0.5, 0.6) is 5.75 Å². The van der Waals surface area contributed by atoms with Crippen molar-refractivity contribution >= 4 is 5.96 Å². The quantitative estimate of drug-likeness (QED) is 0.677. The molecule has 0 radical (unpaired) electrons. The molecule has 110 valence electrons. The molecule has 0 heterocycles. The number of aliphatic imine (C=N–C) groups is 1. The van der Waals surface area contributed by atoms with Gasteiger partial charge in [-0.05, 0) is 17.9 Å². The number of hydrogen-bond donors (Lipinski definition) is 1. The second kappa shape index (κ2) is 5.73. The van der Waals surface area contributed by atoms with Crippen molar-refractivity contribution in [1.82, 2.24) is 10.2 Å². The number of ether oxygens (including phenoxy) is 1. The maximum absolute atomic E-state index is 5.40. The van der Waals surface area contributed by atoms with Crippen LogP contribution in [0.4, 0.5) is 0 Å². The van der Waals surface area contributed by atoms with Crippen LogP contribution >= 0.6 is 0 Å². The van der Waals surface area contributed by atoms with Crippen molar-refractivity contribution < 1.29 is 4.74 Å². The molecule has 1 aliphatic rings. The van der Waals surface area contributed by atoms with E-state index < -0.39 is 0 Å². The highest BCUT2D eigenvalue weighted by molar-refractivity contribution is 5.80. The smallest absolute Gasteiger partial charge is 0.193 e. The van der Waals surface area contributed by atoms with Gasteiger partial charge in [-0.25, -0.2) is 0 Å². The molecule has 1 fully saturated rings. The summed E-state index contributed by atoms with van der Waals surface area (Å²) in [5.74, 6) is 1.85. The van der Waals surface area contributed by atoms with E-state index in [-0.39, 0.29) is 0 Å². The van der Waals surface area contributed by atoms with Crippen LogP contribution < -0.4 is 10.1 Å². The monoisotopic (exact) mass is 275 g/mol. The third kappa shape index (κ3) is 3.24. The molecule has 4 nitrogen and oxygen atoms in total. The van der Waals surface area contributed by atoms with E-state index in [1.165, 1.54) is 6.42 Å². The van der Waals surface area contributed by atoms with Gasteiger partial charge in [-0.15, -0.1) is 0 Å². The Morgan fingerprint density at radius 2 is 2.10 bits per heavy atom. The summed E-state index contributed by atoms with van der Waals surface area (Å²) in [6.07, 6.45) is 1.20. The molecule has 1 aliphatic carbocycles. The fourth-order valence-electron chi connectivity index (χ4n) is 2.38. The van der Waals surface area contributed by atoms with E-state index >= 15 is 0 Å². The Morgan fingerprint density at radius 1 is 1.45 bits per heavy atom. The van der Waals surface area contributed by atoms with Gasteiger partial charge < -0.3 is 15.0 Å². The highest BCUT2D eigenvalue weighted by Gasteiger charge is 2.46. The van der Waals surface area contributed by atoms with Gasteiger partial charge >= 0.3 is 0 Å². The predicted molar refractivity (Wildman–Crippen MR) is 83.1 cm³/mol. The maximum atomic E-state index is 5.40. The van der Waals surface area contributed by atoms with Gasteiger partial charge in [-0.3, -0.25) is 4.99 Å². The van der Waals surface area contributed by atoms with Crippen molar-refractivity contribution in [3.05, 3.63) is 29.8 Å². The zero-order valence-electron chi connectivity index (χ0n) is 13.1. The standard InChI is InChI=1S/C16H25N3O/c1-16(2)10-14(16)18-15(17-3)19(4)11-12-8-6-7-9-13(12)20-5/h6-9,14H,10-11H2,1-5H3,(H,17,18). The number of rotatable bonds is 4. The maximum Gasteiger partial charge on any atom is 0.193 e. The number of hydrogen-bond acceptors (Lipinski definition) is 2. The summed E-state index contributed by atoms with van der Waals surface area (Å²) in [5, 5.41) is 3.52. The SMILES string of the molecule is CN=C(NC1CC1(C)C)N(C)Cc1ccccc1OC. The zero-order chi connectivity index (χ0) is 14.8. The minimum atomic E-state index is 0.390. The third-order valence-corrected chi connectivity index (χ3v) is 3.99. The van der Waals surface area contributed by atoms with Gasteiger partial charge in [0.1, 0.15) is 5.75 Å². The Hall–Kier alpha value is -1.71. The molecular weight excluding hydrogens is 250 g/mol. The summed E-state index contributed by atoms with van der Waals surface area (Å²) in [5.41, 5.74) is 1.55. The average Bonchev–Trinajstić information content (AvgIpc) is 3.03. The average molecular weight is 275 g/mol. The van der Waals surface area contributed by atoms with Crippen LogP contribution in [0.25, 0.3) is 0 Å². The van der Waals surface area contributed by atoms with Crippen LogP contribution in [0.2, 0.25) is 0 Å². The van der Waals surface area contributed by atoms with E-state index in [4.69, 9.17) is 4.74 Å². The first kappa shape index (κ1) is 14.7. The molecule has 1 aromatic carbocycles. The normalized spacial score (nSPS) is 20.4. The number of nitrogens with zero attached hydrogens (tertiary/aromatic N) is 2. The summed E-state index contributed by atoms with van der Waals surface area (Å²) in [6, 6.07) is 8.63. The topological polar surface area (TPSA) is 36.9 Å². The van der Waals surface area contributed by atoms with E-state index in [2.05, 4.69) is 42.2 Å². The minimum absolute atomic E-state index is 0.390. The summed E-state index contributed by atoms with van der Waals surface area (Å²) < 4.78 is 5.40. The van der Waals surface area contributed by atoms with Crippen molar-refractivity contribution in [2.45, 2.75) is 32.9 Å². The molecule has 4 heteroatoms. The van der Waals surface area contributed by atoms with Gasteiger partial charge in [-0.2, -0.15) is 0 Å². The van der Waals surface area contributed by atoms with Crippen LogP contribution in [-0.2, 0) is 6.54 Å². The van der Waals surface area contributed by atoms with E-state index in [0.29, 0.717) is 11.5 Å². The fraction of sp³-hybridized carbons (Fsp3) is 0.562. The van der Waals surface area contributed by atoms with Gasteiger partial charge in [0.2, 0.25) is 0 Å². The van der Waals surface area contributed by atoms with Crippen molar-refractivity contribution in [2.24, 2.45) is 10.4 Å². The zero-order valence-corrected chi connectivity index (χ0v) is 13.1. The molecule has 20 heavy (non-hydrogen) atoms. The summed E-state index contributed by atoms with van der Waals surface area (Å²) in [6.45, 7) is 5.33. The lowest BCUT2D eigenvalue weighted by Crippen LogP contribution is -2.40. The van der Waals surface area contributed by atoms with E-state index in [9.17, 15) is 0 Å². The molecule has 1 unspecified atom stereocenters. The molecule has 1 saturated carbocycles. The molecule has 0 spiro atoms. The van der Waals surface area contributed by atoms with Gasteiger partial charge in [-0.1, -0.05) is 32.0 Å². The number of nitrogens with one attached hydrogen (secondary N) is 1. The van der Waals surface area contributed by atoms with Gasteiger partial charge in [0.05, 0.1) is 7.11 Å². The van der Waals surface area contributed by atoms with E-state index in [0.717, 1.165) is 23.8 Å². The van der Waals surface area contributed by atoms with Crippen molar-refractivity contribution in [3.8, 4) is 5.75 Å². The number of guanidine groups is 1. The Labute approximate surface area is 121 Å². The Balaban J connectivity index is 2.01. The molecule has 0 amide bonds. The predicted octanol–water partition coefficient (Wildman–Crippen LogP) is 2.50. The van der Waals surface area contributed by atoms with E-state index in [1.807, 2.05) is 25.2 Å². The third-order valence-electron chi connectivity index (χ3n) is 3.99. The van der Waals surface area contributed by atoms with Crippen LogP contribution in [0.3, 0.4) is 0 Å². The highest BCUT2D eigenvalue weighted by Crippen LogP contribution is 2.44. The lowest BCUT2D eigenvalue weighted by atomic mass is 10.2. The van der Waals surface area contributed by atoms with Gasteiger partial charge in [0.15, 0.2) is 5.96 Å². The molecular formula is C16H25N3O. The largest absolute Gasteiger partial charge is 0.496 e. The van der Waals surface area contributed by atoms with Crippen LogP contribution in [0.1, 0.15) is 25.8 Å². The van der Waals surface area contributed by atoms with Crippen molar-refractivity contribution in [1.29, 1.82) is 0 Å². The molecule has 2 rings (SSSR count). The Kier molecular flexibility index (Phi) is 4.21. The second-order valence-corrected chi connectivity index (χ2v) is 6.10. The highest BCUT2D eigenvalue weighted by atomic mass is 16.5. The first-order chi connectivity index (χ1) is 9.47. The van der Waals surface area contributed by atoms with Crippen molar-refractivity contribution in [3.63, 3.8) is 0 Å². The van der Waals surface area contributed by atoms with Crippen molar-refractivity contribution in [2.75, 3.05) is 21.2 Å². The summed E-state index contributed by atoms with van der Waals surface area (Å²) in [7, 11) is 5.59. The first-order valence-corrected chi connectivity index (χ1v) is 7.04. The molecule has 1 aromatic rings. The number of methoxy groups -OCH3 is 1. The lowest BCUT2D eigenvalue weighted by molar-refractivity contribution is 0.395. The summed E-state index contributed by atoms with van der Waals surface area (Å²) in [4.78, 5) is 6.51. The molecule has 0 aromatic heterocycles. The number of para-hydroxylation sites is 1. The summed E-state index contributed by atoms with van der Waals surface area (Å²) >= 11 is 0. The molecule has 0 bridgehead atoms. The Bertz CT molecular complexity index is 496. The fourth-order valence-corrected chi connectivity index (χ4v) is 2.38. The molecule has 0 saturated heterocycles. The van der Waals surface area contributed by atoms with Gasteiger partial charge in [0.25, 0.3) is 0 Å². The second-order valence-electron chi connectivity index (χ2n) is 6.10. The van der Waals surface area contributed by atoms with Crippen LogP contribution in [0.15, 0.2) is 29.3 Å². The molecule has 0 aliphatic heterocycles. The number of benzene rings is 1. The van der Waals surface area contributed by atoms with E-state index in [1.54, 1.807) is 7.11 Å².